The predicted molar refractivity (Wildman–Crippen MR) is 62.7 cm³/mol. The summed E-state index contributed by atoms with van der Waals surface area (Å²) in [7, 11) is 0. The van der Waals surface area contributed by atoms with Crippen molar-refractivity contribution < 1.29 is 19.0 Å². The molecule has 1 heterocycles. The molecule has 0 bridgehead atoms. The Morgan fingerprint density at radius 3 is 2.41 bits per heavy atom. The minimum absolute atomic E-state index is 0.345. The quantitative estimate of drug-likeness (QED) is 0.542. The molecule has 0 radical (unpaired) electrons. The first-order chi connectivity index (χ1) is 8.24. The Labute approximate surface area is 101 Å². The van der Waals surface area contributed by atoms with Crippen LogP contribution >= 0.6 is 0 Å². The van der Waals surface area contributed by atoms with Gasteiger partial charge in [0.1, 0.15) is 5.69 Å². The number of carbonyl (C=O) groups is 1. The third kappa shape index (κ3) is 3.57. The molecule has 0 aliphatic heterocycles. The van der Waals surface area contributed by atoms with Crippen LogP contribution in [0, 0.1) is 0 Å². The topological polar surface area (TPSA) is 49.7 Å². The van der Waals surface area contributed by atoms with E-state index >= 15 is 0 Å². The average Bonchev–Trinajstić information content (AvgIpc) is 2.78. The van der Waals surface area contributed by atoms with Gasteiger partial charge in [0, 0.05) is 19.4 Å². The lowest BCUT2D eigenvalue weighted by molar-refractivity contribution is -0.186. The molecule has 0 fully saturated rings. The van der Waals surface area contributed by atoms with Crippen molar-refractivity contribution in [3.63, 3.8) is 0 Å². The second-order valence-electron chi connectivity index (χ2n) is 3.24. The molecule has 0 atom stereocenters. The van der Waals surface area contributed by atoms with Gasteiger partial charge >= 0.3 is 5.97 Å². The molecule has 96 valence electrons. The van der Waals surface area contributed by atoms with E-state index in [-0.39, 0.29) is 5.97 Å². The van der Waals surface area contributed by atoms with Crippen LogP contribution in [0.5, 0.6) is 0 Å². The summed E-state index contributed by atoms with van der Waals surface area (Å²) < 4.78 is 17.4. The van der Waals surface area contributed by atoms with Crippen LogP contribution in [0.3, 0.4) is 0 Å². The van der Waals surface area contributed by atoms with Crippen molar-refractivity contribution >= 4 is 5.97 Å². The van der Waals surface area contributed by atoms with Crippen LogP contribution in [-0.2, 0) is 14.2 Å². The molecule has 0 aromatic carbocycles. The Bertz CT molecular complexity index is 342. The van der Waals surface area contributed by atoms with Gasteiger partial charge < -0.3 is 14.2 Å². The van der Waals surface area contributed by atoms with Crippen LogP contribution < -0.4 is 0 Å². The SMILES string of the molecule is CCOC(=O)c1cccn1C(OCC)OCC. The number of hydrogen-bond acceptors (Lipinski definition) is 4. The minimum atomic E-state index is -0.584. The maximum Gasteiger partial charge on any atom is 0.355 e. The van der Waals surface area contributed by atoms with Gasteiger partial charge in [0.15, 0.2) is 0 Å². The Morgan fingerprint density at radius 2 is 1.88 bits per heavy atom. The van der Waals surface area contributed by atoms with Crippen molar-refractivity contribution in [1.82, 2.24) is 4.57 Å². The highest BCUT2D eigenvalue weighted by atomic mass is 16.7. The lowest BCUT2D eigenvalue weighted by Crippen LogP contribution is -2.21. The van der Waals surface area contributed by atoms with Crippen molar-refractivity contribution in [3.8, 4) is 0 Å². The molecule has 1 aromatic heterocycles. The number of ether oxygens (including phenoxy) is 3. The zero-order chi connectivity index (χ0) is 12.7. The smallest absolute Gasteiger partial charge is 0.355 e. The second kappa shape index (κ2) is 7.09. The van der Waals surface area contributed by atoms with Crippen molar-refractivity contribution in [3.05, 3.63) is 24.0 Å². The van der Waals surface area contributed by atoms with E-state index in [0.29, 0.717) is 25.5 Å². The van der Waals surface area contributed by atoms with Gasteiger partial charge in [0.05, 0.1) is 6.61 Å². The molecule has 5 nitrogen and oxygen atoms in total. The maximum atomic E-state index is 11.7. The van der Waals surface area contributed by atoms with Crippen molar-refractivity contribution in [1.29, 1.82) is 0 Å². The molecule has 0 spiro atoms. The predicted octanol–water partition coefficient (Wildman–Crippen LogP) is 2.19. The lowest BCUT2D eigenvalue weighted by Gasteiger charge is -2.20. The van der Waals surface area contributed by atoms with Crippen molar-refractivity contribution in [2.75, 3.05) is 19.8 Å². The van der Waals surface area contributed by atoms with Crippen LogP contribution in [-0.4, -0.2) is 30.4 Å². The number of nitrogens with zero attached hydrogens (tertiary/aromatic N) is 1. The molecule has 17 heavy (non-hydrogen) atoms. The van der Waals surface area contributed by atoms with Gasteiger partial charge in [0.25, 0.3) is 0 Å². The molecule has 1 rings (SSSR count). The first-order valence-corrected chi connectivity index (χ1v) is 5.81. The summed E-state index contributed by atoms with van der Waals surface area (Å²) in [6.45, 7) is 6.88. The van der Waals surface area contributed by atoms with Crippen LogP contribution in [0.25, 0.3) is 0 Å². The number of aromatic nitrogens is 1. The highest BCUT2D eigenvalue weighted by Gasteiger charge is 2.18. The summed E-state index contributed by atoms with van der Waals surface area (Å²) in [6, 6.07) is 3.44. The maximum absolute atomic E-state index is 11.7. The highest BCUT2D eigenvalue weighted by molar-refractivity contribution is 5.87. The van der Waals surface area contributed by atoms with Gasteiger partial charge in [-0.3, -0.25) is 4.57 Å². The lowest BCUT2D eigenvalue weighted by atomic mass is 10.4. The molecule has 5 heteroatoms. The molecule has 0 N–H and O–H groups in total. The van der Waals surface area contributed by atoms with Gasteiger partial charge in [-0.25, -0.2) is 4.79 Å². The third-order valence-electron chi connectivity index (χ3n) is 2.11. The van der Waals surface area contributed by atoms with Crippen molar-refractivity contribution in [2.24, 2.45) is 0 Å². The fourth-order valence-corrected chi connectivity index (χ4v) is 1.45. The molecule has 0 saturated carbocycles. The van der Waals surface area contributed by atoms with Crippen LogP contribution in [0.2, 0.25) is 0 Å². The summed E-state index contributed by atoms with van der Waals surface area (Å²) in [6.07, 6.45) is 1.15. The number of hydrogen-bond donors (Lipinski definition) is 0. The zero-order valence-corrected chi connectivity index (χ0v) is 10.5. The van der Waals surface area contributed by atoms with Gasteiger partial charge in [-0.05, 0) is 32.9 Å². The van der Waals surface area contributed by atoms with E-state index in [9.17, 15) is 4.79 Å². The molecule has 0 unspecified atom stereocenters. The Morgan fingerprint density at radius 1 is 1.24 bits per heavy atom. The summed E-state index contributed by atoms with van der Waals surface area (Å²) in [5, 5.41) is 0. The molecular weight excluding hydrogens is 222 g/mol. The van der Waals surface area contributed by atoms with Gasteiger partial charge in [-0.15, -0.1) is 0 Å². The fourth-order valence-electron chi connectivity index (χ4n) is 1.45. The number of esters is 1. The standard InChI is InChI=1S/C12H19NO4/c1-4-15-11(14)10-8-7-9-13(10)12(16-5-2)17-6-3/h7-9,12H,4-6H2,1-3H3. The summed E-state index contributed by atoms with van der Waals surface area (Å²) in [4.78, 5) is 11.7. The van der Waals surface area contributed by atoms with E-state index < -0.39 is 6.41 Å². The molecule has 0 saturated heterocycles. The van der Waals surface area contributed by atoms with E-state index in [1.54, 1.807) is 29.8 Å². The third-order valence-corrected chi connectivity index (χ3v) is 2.11. The molecule has 1 aromatic rings. The molecule has 0 amide bonds. The number of carbonyl (C=O) groups excluding carboxylic acids is 1. The number of rotatable bonds is 7. The van der Waals surface area contributed by atoms with Crippen molar-refractivity contribution in [2.45, 2.75) is 27.2 Å². The minimum Gasteiger partial charge on any atom is -0.461 e. The first-order valence-electron chi connectivity index (χ1n) is 5.81. The van der Waals surface area contributed by atoms with Crippen LogP contribution in [0.15, 0.2) is 18.3 Å². The zero-order valence-electron chi connectivity index (χ0n) is 10.5. The van der Waals surface area contributed by atoms with Gasteiger partial charge in [0.2, 0.25) is 6.41 Å². The molecular formula is C12H19NO4. The van der Waals surface area contributed by atoms with E-state index in [1.165, 1.54) is 0 Å². The van der Waals surface area contributed by atoms with E-state index in [4.69, 9.17) is 14.2 Å². The Kier molecular flexibility index (Phi) is 5.72. The Balaban J connectivity index is 2.87. The van der Waals surface area contributed by atoms with Crippen LogP contribution in [0.1, 0.15) is 37.7 Å². The van der Waals surface area contributed by atoms with Crippen LogP contribution in [0.4, 0.5) is 0 Å². The van der Waals surface area contributed by atoms with Gasteiger partial charge in [-0.2, -0.15) is 0 Å². The van der Waals surface area contributed by atoms with E-state index in [0.717, 1.165) is 0 Å². The Hall–Kier alpha value is -1.33. The average molecular weight is 241 g/mol. The summed E-state index contributed by atoms with van der Waals surface area (Å²) in [5.41, 5.74) is 0.429. The highest BCUT2D eigenvalue weighted by Crippen LogP contribution is 2.16. The first kappa shape index (κ1) is 13.7. The molecule has 0 aliphatic carbocycles. The van der Waals surface area contributed by atoms with Gasteiger partial charge in [-0.1, -0.05) is 0 Å². The summed E-state index contributed by atoms with van der Waals surface area (Å²) in [5.74, 6) is -0.373. The normalized spacial score (nSPS) is 10.8. The monoisotopic (exact) mass is 241 g/mol. The largest absolute Gasteiger partial charge is 0.461 e. The summed E-state index contributed by atoms with van der Waals surface area (Å²) >= 11 is 0. The second-order valence-corrected chi connectivity index (χ2v) is 3.24. The fraction of sp³-hybridized carbons (Fsp3) is 0.583. The molecule has 0 aliphatic rings. The van der Waals surface area contributed by atoms with E-state index in [2.05, 4.69) is 0 Å². The van der Waals surface area contributed by atoms with E-state index in [1.807, 2.05) is 13.8 Å².